The van der Waals surface area contributed by atoms with E-state index in [-0.39, 0.29) is 11.5 Å². The summed E-state index contributed by atoms with van der Waals surface area (Å²) in [4.78, 5) is 37.4. The van der Waals surface area contributed by atoms with Gasteiger partial charge < -0.3 is 15.1 Å². The van der Waals surface area contributed by atoms with Crippen molar-refractivity contribution in [3.05, 3.63) is 101 Å². The lowest BCUT2D eigenvalue weighted by atomic mass is 9.96. The van der Waals surface area contributed by atoms with E-state index in [1.54, 1.807) is 27.8 Å². The van der Waals surface area contributed by atoms with Gasteiger partial charge in [-0.25, -0.2) is 4.98 Å². The average Bonchev–Trinajstić information content (AvgIpc) is 2.89. The van der Waals surface area contributed by atoms with Crippen LogP contribution in [0.2, 0.25) is 0 Å². The number of benzene rings is 2. The van der Waals surface area contributed by atoms with E-state index in [0.717, 1.165) is 29.7 Å². The largest absolute Gasteiger partial charge is 0.370 e. The highest BCUT2D eigenvalue weighted by atomic mass is 16.2. The number of aryl methyl sites for hydroxylation is 1. The Hall–Kier alpha value is -4.46. The van der Waals surface area contributed by atoms with Gasteiger partial charge in [-0.2, -0.15) is 4.98 Å². The van der Waals surface area contributed by atoms with Gasteiger partial charge in [0, 0.05) is 62.3 Å². The topological polar surface area (TPSA) is 83.4 Å². The summed E-state index contributed by atoms with van der Waals surface area (Å²) in [7, 11) is 2.07. The molecule has 5 rings (SSSR count). The van der Waals surface area contributed by atoms with Crippen LogP contribution in [0.25, 0.3) is 11.0 Å². The van der Waals surface area contributed by atoms with E-state index in [2.05, 4.69) is 58.1 Å². The van der Waals surface area contributed by atoms with E-state index < -0.39 is 0 Å². The maximum absolute atomic E-state index is 12.7. The standard InChI is InChI=1S/C29H30N6O2/c1-3-26(36)34-19-22(20-34)15-16-35-27(37)14-9-23-17-30-29(32-28(23)35)31-24-10-12-25(13-11-24)33(2)18-21-7-5-4-6-8-21/h3-14,17,22H,1,15-16,18-20H2,2H3,(H,30,31,32). The van der Waals surface area contributed by atoms with Crippen LogP contribution in [0, 0.1) is 5.92 Å². The molecule has 0 saturated carbocycles. The van der Waals surface area contributed by atoms with Crippen LogP contribution in [0.5, 0.6) is 0 Å². The first kappa shape index (κ1) is 24.2. The van der Waals surface area contributed by atoms with Gasteiger partial charge >= 0.3 is 0 Å². The van der Waals surface area contributed by atoms with Crippen molar-refractivity contribution in [3.63, 3.8) is 0 Å². The Kier molecular flexibility index (Phi) is 6.98. The maximum atomic E-state index is 12.7. The summed E-state index contributed by atoms with van der Waals surface area (Å²) >= 11 is 0. The van der Waals surface area contributed by atoms with Gasteiger partial charge in [0.1, 0.15) is 5.65 Å². The van der Waals surface area contributed by atoms with E-state index in [4.69, 9.17) is 0 Å². The van der Waals surface area contributed by atoms with Crippen molar-refractivity contribution >= 4 is 34.3 Å². The van der Waals surface area contributed by atoms with E-state index in [1.165, 1.54) is 11.6 Å². The molecule has 1 amide bonds. The summed E-state index contributed by atoms with van der Waals surface area (Å²) in [5.74, 6) is 0.755. The minimum atomic E-state index is -0.0960. The van der Waals surface area contributed by atoms with Gasteiger partial charge in [0.05, 0.1) is 0 Å². The summed E-state index contributed by atoms with van der Waals surface area (Å²) < 4.78 is 1.70. The number of rotatable bonds is 9. The lowest BCUT2D eigenvalue weighted by molar-refractivity contribution is -0.132. The van der Waals surface area contributed by atoms with Crippen molar-refractivity contribution in [1.29, 1.82) is 0 Å². The quantitative estimate of drug-likeness (QED) is 0.351. The Morgan fingerprint density at radius 3 is 2.59 bits per heavy atom. The minimum Gasteiger partial charge on any atom is -0.370 e. The fourth-order valence-corrected chi connectivity index (χ4v) is 4.60. The van der Waals surface area contributed by atoms with Crippen molar-refractivity contribution < 1.29 is 4.79 Å². The summed E-state index contributed by atoms with van der Waals surface area (Å²) in [5.41, 5.74) is 3.72. The summed E-state index contributed by atoms with van der Waals surface area (Å²) in [6, 6.07) is 21.8. The summed E-state index contributed by atoms with van der Waals surface area (Å²) in [6.07, 6.45) is 3.87. The second kappa shape index (κ2) is 10.7. The van der Waals surface area contributed by atoms with Crippen molar-refractivity contribution in [3.8, 4) is 0 Å². The Morgan fingerprint density at radius 2 is 1.86 bits per heavy atom. The van der Waals surface area contributed by atoms with E-state index in [9.17, 15) is 9.59 Å². The minimum absolute atomic E-state index is 0.0436. The third-order valence-corrected chi connectivity index (χ3v) is 6.75. The molecule has 2 aromatic carbocycles. The van der Waals surface area contributed by atoms with E-state index in [0.29, 0.717) is 37.1 Å². The number of nitrogens with zero attached hydrogens (tertiary/aromatic N) is 5. The van der Waals surface area contributed by atoms with Crippen LogP contribution in [0.15, 0.2) is 90.4 Å². The molecule has 188 valence electrons. The monoisotopic (exact) mass is 494 g/mol. The van der Waals surface area contributed by atoms with Gasteiger partial charge in [-0.05, 0) is 54.3 Å². The molecule has 0 aliphatic carbocycles. The smallest absolute Gasteiger partial charge is 0.252 e. The molecule has 0 spiro atoms. The molecule has 1 fully saturated rings. The number of likely N-dealkylation sites (tertiary alicyclic amines) is 1. The molecule has 8 nitrogen and oxygen atoms in total. The van der Waals surface area contributed by atoms with Gasteiger partial charge in [-0.3, -0.25) is 14.2 Å². The lowest BCUT2D eigenvalue weighted by Crippen LogP contribution is -2.49. The molecule has 4 aromatic rings. The van der Waals surface area contributed by atoms with Crippen molar-refractivity contribution in [2.75, 3.05) is 30.4 Å². The molecular formula is C29H30N6O2. The predicted molar refractivity (Wildman–Crippen MR) is 147 cm³/mol. The zero-order chi connectivity index (χ0) is 25.8. The van der Waals surface area contributed by atoms with Crippen LogP contribution in [-0.2, 0) is 17.9 Å². The summed E-state index contributed by atoms with van der Waals surface area (Å²) in [5, 5.41) is 4.07. The van der Waals surface area contributed by atoms with Gasteiger partial charge in [-0.15, -0.1) is 0 Å². The molecule has 1 aliphatic rings. The zero-order valence-electron chi connectivity index (χ0n) is 20.9. The predicted octanol–water partition coefficient (Wildman–Crippen LogP) is 4.21. The highest BCUT2D eigenvalue weighted by Gasteiger charge is 2.29. The first-order valence-electron chi connectivity index (χ1n) is 12.4. The second-order valence-corrected chi connectivity index (χ2v) is 9.41. The van der Waals surface area contributed by atoms with Crippen LogP contribution in [0.3, 0.4) is 0 Å². The Morgan fingerprint density at radius 1 is 1.11 bits per heavy atom. The Balaban J connectivity index is 1.27. The fraction of sp³-hybridized carbons (Fsp3) is 0.241. The van der Waals surface area contributed by atoms with Crippen LogP contribution in [0.4, 0.5) is 17.3 Å². The van der Waals surface area contributed by atoms with Gasteiger partial charge in [0.2, 0.25) is 11.9 Å². The van der Waals surface area contributed by atoms with Crippen molar-refractivity contribution in [1.82, 2.24) is 19.4 Å². The van der Waals surface area contributed by atoms with Crippen LogP contribution in [0.1, 0.15) is 12.0 Å². The third kappa shape index (κ3) is 5.53. The van der Waals surface area contributed by atoms with Gasteiger partial charge in [-0.1, -0.05) is 36.9 Å². The van der Waals surface area contributed by atoms with Crippen molar-refractivity contribution in [2.45, 2.75) is 19.5 Å². The Bertz CT molecular complexity index is 1460. The number of aromatic nitrogens is 3. The molecule has 1 saturated heterocycles. The molecule has 0 radical (unpaired) electrons. The highest BCUT2D eigenvalue weighted by molar-refractivity contribution is 5.87. The molecule has 0 bridgehead atoms. The van der Waals surface area contributed by atoms with Gasteiger partial charge in [0.25, 0.3) is 5.56 Å². The Labute approximate surface area is 215 Å². The highest BCUT2D eigenvalue weighted by Crippen LogP contribution is 2.23. The normalized spacial score (nSPS) is 13.3. The first-order chi connectivity index (χ1) is 18.0. The van der Waals surface area contributed by atoms with Crippen molar-refractivity contribution in [2.24, 2.45) is 5.92 Å². The number of nitrogens with one attached hydrogen (secondary N) is 1. The second-order valence-electron chi connectivity index (χ2n) is 9.41. The number of amides is 1. The number of carbonyl (C=O) groups is 1. The first-order valence-corrected chi connectivity index (χ1v) is 12.4. The van der Waals surface area contributed by atoms with E-state index in [1.807, 2.05) is 30.3 Å². The average molecular weight is 495 g/mol. The molecule has 0 unspecified atom stereocenters. The molecule has 1 aliphatic heterocycles. The number of carbonyl (C=O) groups excluding carboxylic acids is 1. The van der Waals surface area contributed by atoms with Crippen LogP contribution < -0.4 is 15.8 Å². The maximum Gasteiger partial charge on any atom is 0.252 e. The number of hydrogen-bond donors (Lipinski definition) is 1. The molecule has 1 N–H and O–H groups in total. The lowest BCUT2D eigenvalue weighted by Gasteiger charge is -2.38. The fourth-order valence-electron chi connectivity index (χ4n) is 4.60. The molecule has 3 heterocycles. The number of hydrogen-bond acceptors (Lipinski definition) is 6. The zero-order valence-corrected chi connectivity index (χ0v) is 20.9. The molecule has 2 aromatic heterocycles. The SMILES string of the molecule is C=CC(=O)N1CC(CCn2c(=O)ccc3cnc(Nc4ccc(N(C)Cc5ccccc5)cc4)nc32)C1. The van der Waals surface area contributed by atoms with E-state index >= 15 is 0 Å². The van der Waals surface area contributed by atoms with Crippen LogP contribution in [-0.4, -0.2) is 45.5 Å². The third-order valence-electron chi connectivity index (χ3n) is 6.75. The molecule has 37 heavy (non-hydrogen) atoms. The molecule has 8 heteroatoms. The van der Waals surface area contributed by atoms with Crippen LogP contribution >= 0.6 is 0 Å². The summed E-state index contributed by atoms with van der Waals surface area (Å²) in [6.45, 7) is 6.29. The number of pyridine rings is 1. The molecular weight excluding hydrogens is 464 g/mol. The van der Waals surface area contributed by atoms with Gasteiger partial charge in [0.15, 0.2) is 0 Å². The number of fused-ring (bicyclic) bond motifs is 1. The number of anilines is 3. The molecule has 0 atom stereocenters.